The Balaban J connectivity index is 1.74. The van der Waals surface area contributed by atoms with Gasteiger partial charge in [0.2, 0.25) is 0 Å². The van der Waals surface area contributed by atoms with Crippen molar-refractivity contribution < 1.29 is 18.4 Å². The molecule has 0 aliphatic heterocycles. The third kappa shape index (κ3) is 4.48. The van der Waals surface area contributed by atoms with Crippen LogP contribution in [0.5, 0.6) is 0 Å². The molecule has 0 radical (unpaired) electrons. The van der Waals surface area contributed by atoms with E-state index < -0.39 is 5.91 Å². The molecule has 0 aliphatic rings. The molecule has 5 nitrogen and oxygen atoms in total. The summed E-state index contributed by atoms with van der Waals surface area (Å²) in [6.45, 7) is 1.87. The Morgan fingerprint density at radius 3 is 2.46 bits per heavy atom. The van der Waals surface area contributed by atoms with Gasteiger partial charge in [0.05, 0.1) is 6.04 Å². The number of nitrogens with one attached hydrogen (secondary N) is 1. The Hall–Kier alpha value is -2.93. The average Bonchev–Trinajstić information content (AvgIpc) is 3.13. The zero-order valence-electron chi connectivity index (χ0n) is 15.3. The second-order valence-corrected chi connectivity index (χ2v) is 7.06. The van der Waals surface area contributed by atoms with Crippen molar-refractivity contribution in [1.82, 2.24) is 4.90 Å². The number of rotatable bonds is 5. The normalized spacial score (nSPS) is 11.7. The number of halogens is 2. The first-order valence-electron chi connectivity index (χ1n) is 8.54. The van der Waals surface area contributed by atoms with E-state index in [-0.39, 0.29) is 23.5 Å². The second kappa shape index (κ2) is 8.39. The van der Waals surface area contributed by atoms with E-state index in [4.69, 9.17) is 4.42 Å². The summed E-state index contributed by atoms with van der Waals surface area (Å²) in [4.78, 5) is 26.6. The molecule has 3 rings (SSSR count). The monoisotopic (exact) mass is 444 g/mol. The van der Waals surface area contributed by atoms with E-state index in [0.29, 0.717) is 15.9 Å². The summed E-state index contributed by atoms with van der Waals surface area (Å²) in [5.41, 5.74) is 1.73. The van der Waals surface area contributed by atoms with Gasteiger partial charge < -0.3 is 14.6 Å². The average molecular weight is 445 g/mol. The minimum atomic E-state index is -0.414. The number of carbonyl (C=O) groups is 2. The van der Waals surface area contributed by atoms with Crippen molar-refractivity contribution in [3.05, 3.63) is 88.0 Å². The lowest BCUT2D eigenvalue weighted by Crippen LogP contribution is -2.29. The maximum absolute atomic E-state index is 13.1. The minimum Gasteiger partial charge on any atom is -0.444 e. The predicted molar refractivity (Wildman–Crippen MR) is 108 cm³/mol. The summed E-state index contributed by atoms with van der Waals surface area (Å²) in [6.07, 6.45) is 0. The van der Waals surface area contributed by atoms with Crippen molar-refractivity contribution >= 4 is 33.4 Å². The highest BCUT2D eigenvalue weighted by molar-refractivity contribution is 9.10. The maximum Gasteiger partial charge on any atom is 0.291 e. The van der Waals surface area contributed by atoms with Crippen molar-refractivity contribution in [2.24, 2.45) is 0 Å². The molecular formula is C21H18BrFN2O3. The zero-order valence-corrected chi connectivity index (χ0v) is 16.9. The lowest BCUT2D eigenvalue weighted by atomic mass is 10.1. The number of carbonyl (C=O) groups excluding carboxylic acids is 2. The van der Waals surface area contributed by atoms with Crippen molar-refractivity contribution in [1.29, 1.82) is 0 Å². The van der Waals surface area contributed by atoms with Crippen molar-refractivity contribution in [2.75, 3.05) is 12.4 Å². The Morgan fingerprint density at radius 2 is 1.82 bits per heavy atom. The Labute approximate surface area is 170 Å². The molecule has 2 amide bonds. The van der Waals surface area contributed by atoms with Gasteiger partial charge in [0, 0.05) is 18.3 Å². The van der Waals surface area contributed by atoms with E-state index in [9.17, 15) is 14.0 Å². The lowest BCUT2D eigenvalue weighted by molar-refractivity contribution is 0.0742. The van der Waals surface area contributed by atoms with Gasteiger partial charge in [-0.1, -0.05) is 18.2 Å². The SMILES string of the molecule is CC(c1ccc(F)cc1)N(C)C(=O)c1cccc(NC(=O)c2ccc(Br)o2)c1. The summed E-state index contributed by atoms with van der Waals surface area (Å²) >= 11 is 3.15. The van der Waals surface area contributed by atoms with Crippen LogP contribution in [0.15, 0.2) is 69.8 Å². The number of furan rings is 1. The molecule has 0 bridgehead atoms. The fourth-order valence-electron chi connectivity index (χ4n) is 2.70. The molecule has 0 spiro atoms. The van der Waals surface area contributed by atoms with Crippen LogP contribution in [0.1, 0.15) is 39.4 Å². The van der Waals surface area contributed by atoms with Crippen LogP contribution in [-0.4, -0.2) is 23.8 Å². The van der Waals surface area contributed by atoms with Gasteiger partial charge in [0.1, 0.15) is 5.82 Å². The third-order valence-corrected chi connectivity index (χ3v) is 4.84. The molecule has 2 aromatic carbocycles. The summed E-state index contributed by atoms with van der Waals surface area (Å²) in [7, 11) is 1.68. The zero-order chi connectivity index (χ0) is 20.3. The van der Waals surface area contributed by atoms with E-state index in [2.05, 4.69) is 21.2 Å². The van der Waals surface area contributed by atoms with Crippen LogP contribution in [0, 0.1) is 5.82 Å². The highest BCUT2D eigenvalue weighted by Crippen LogP contribution is 2.22. The van der Waals surface area contributed by atoms with Crippen LogP contribution in [0.4, 0.5) is 10.1 Å². The van der Waals surface area contributed by atoms with Crippen molar-refractivity contribution in [3.8, 4) is 0 Å². The van der Waals surface area contributed by atoms with Gasteiger partial charge in [-0.3, -0.25) is 9.59 Å². The lowest BCUT2D eigenvalue weighted by Gasteiger charge is -2.25. The Bertz CT molecular complexity index is 1000. The largest absolute Gasteiger partial charge is 0.444 e. The molecule has 0 aliphatic carbocycles. The van der Waals surface area contributed by atoms with E-state index in [1.807, 2.05) is 6.92 Å². The fraction of sp³-hybridized carbons (Fsp3) is 0.143. The smallest absolute Gasteiger partial charge is 0.291 e. The maximum atomic E-state index is 13.1. The first-order valence-corrected chi connectivity index (χ1v) is 9.34. The number of nitrogens with zero attached hydrogens (tertiary/aromatic N) is 1. The fourth-order valence-corrected chi connectivity index (χ4v) is 3.01. The van der Waals surface area contributed by atoms with Gasteiger partial charge in [-0.15, -0.1) is 0 Å². The molecule has 1 atom stereocenters. The molecule has 1 aromatic heterocycles. The Morgan fingerprint density at radius 1 is 1.11 bits per heavy atom. The highest BCUT2D eigenvalue weighted by Gasteiger charge is 2.20. The molecule has 3 aromatic rings. The first-order chi connectivity index (χ1) is 13.3. The minimum absolute atomic E-state index is 0.158. The topological polar surface area (TPSA) is 62.6 Å². The second-order valence-electron chi connectivity index (χ2n) is 6.28. The molecule has 0 saturated carbocycles. The molecule has 28 heavy (non-hydrogen) atoms. The van der Waals surface area contributed by atoms with Crippen molar-refractivity contribution in [3.63, 3.8) is 0 Å². The van der Waals surface area contributed by atoms with Gasteiger partial charge in [-0.25, -0.2) is 4.39 Å². The number of hydrogen-bond acceptors (Lipinski definition) is 3. The van der Waals surface area contributed by atoms with E-state index in [1.54, 1.807) is 60.5 Å². The van der Waals surface area contributed by atoms with Gasteiger partial charge in [0.25, 0.3) is 11.8 Å². The molecule has 0 fully saturated rings. The molecule has 1 heterocycles. The van der Waals surface area contributed by atoms with Gasteiger partial charge >= 0.3 is 0 Å². The predicted octanol–water partition coefficient (Wildman–Crippen LogP) is 5.27. The third-order valence-electron chi connectivity index (χ3n) is 4.42. The summed E-state index contributed by atoms with van der Waals surface area (Å²) in [6, 6.07) is 15.6. The molecule has 1 N–H and O–H groups in total. The number of benzene rings is 2. The van der Waals surface area contributed by atoms with Gasteiger partial charge in [0.15, 0.2) is 10.4 Å². The van der Waals surface area contributed by atoms with Crippen LogP contribution in [0.2, 0.25) is 0 Å². The Kier molecular flexibility index (Phi) is 5.94. The molecule has 1 unspecified atom stereocenters. The van der Waals surface area contributed by atoms with Crippen molar-refractivity contribution in [2.45, 2.75) is 13.0 Å². The molecule has 7 heteroatoms. The summed E-state index contributed by atoms with van der Waals surface area (Å²) in [5.74, 6) is -0.792. The van der Waals surface area contributed by atoms with E-state index in [0.717, 1.165) is 5.56 Å². The van der Waals surface area contributed by atoms with Gasteiger partial charge in [-0.2, -0.15) is 0 Å². The van der Waals surface area contributed by atoms with Crippen LogP contribution < -0.4 is 5.32 Å². The number of amides is 2. The summed E-state index contributed by atoms with van der Waals surface area (Å²) in [5, 5.41) is 2.71. The first kappa shape index (κ1) is 19.8. The molecular weight excluding hydrogens is 427 g/mol. The van der Waals surface area contributed by atoms with Crippen LogP contribution >= 0.6 is 15.9 Å². The summed E-state index contributed by atoms with van der Waals surface area (Å²) < 4.78 is 18.8. The number of hydrogen-bond donors (Lipinski definition) is 1. The van der Waals surface area contributed by atoms with Crippen LogP contribution in [0.3, 0.4) is 0 Å². The quantitative estimate of drug-likeness (QED) is 0.583. The van der Waals surface area contributed by atoms with E-state index in [1.165, 1.54) is 12.1 Å². The van der Waals surface area contributed by atoms with Crippen LogP contribution in [-0.2, 0) is 0 Å². The standard InChI is InChI=1S/C21H18BrFN2O3/c1-13(14-6-8-16(23)9-7-14)25(2)21(27)15-4-3-5-17(12-15)24-20(26)18-10-11-19(22)28-18/h3-13H,1-2H3,(H,24,26). The van der Waals surface area contributed by atoms with Gasteiger partial charge in [-0.05, 0) is 70.9 Å². The number of anilines is 1. The molecule has 0 saturated heterocycles. The van der Waals surface area contributed by atoms with E-state index >= 15 is 0 Å². The highest BCUT2D eigenvalue weighted by atomic mass is 79.9. The molecule has 144 valence electrons. The van der Waals surface area contributed by atoms with Crippen LogP contribution in [0.25, 0.3) is 0 Å².